The fraction of sp³-hybridized carbons (Fsp3) is 0.250. The first-order valence-corrected chi connectivity index (χ1v) is 11.6. The summed E-state index contributed by atoms with van der Waals surface area (Å²) >= 11 is 0. The number of esters is 2. The topological polar surface area (TPSA) is 98.5 Å². The highest BCUT2D eigenvalue weighted by Gasteiger charge is 2.30. The minimum absolute atomic E-state index is 0.00334. The molecule has 0 aliphatic heterocycles. The van der Waals surface area contributed by atoms with E-state index in [1.54, 1.807) is 12.1 Å². The molecule has 0 aromatic heterocycles. The lowest BCUT2D eigenvalue weighted by Crippen LogP contribution is -2.51. The van der Waals surface area contributed by atoms with E-state index < -0.39 is 41.1 Å². The monoisotopic (exact) mass is 512 g/mol. The van der Waals surface area contributed by atoms with Crippen LogP contribution in [-0.2, 0) is 20.7 Å². The van der Waals surface area contributed by atoms with Crippen molar-refractivity contribution in [2.75, 3.05) is 0 Å². The van der Waals surface area contributed by atoms with Gasteiger partial charge in [0.1, 0.15) is 11.9 Å². The summed E-state index contributed by atoms with van der Waals surface area (Å²) in [6.45, 7) is 3.64. The zero-order valence-corrected chi connectivity index (χ0v) is 20.4. The molecule has 3 N–H and O–H groups in total. The lowest BCUT2D eigenvalue weighted by Gasteiger charge is -2.31. The van der Waals surface area contributed by atoms with E-state index in [0.717, 1.165) is 17.7 Å². The Hall–Kier alpha value is -3.98. The van der Waals surface area contributed by atoms with Gasteiger partial charge in [0.2, 0.25) is 5.91 Å². The number of primary amides is 1. The number of nitrogens with two attached hydrogens (primary N) is 1. The summed E-state index contributed by atoms with van der Waals surface area (Å²) in [5, 5.41) is 3.11. The molecular weight excluding hydrogens is 485 g/mol. The summed E-state index contributed by atoms with van der Waals surface area (Å²) in [5.41, 5.74) is 6.39. The molecule has 37 heavy (non-hydrogen) atoms. The van der Waals surface area contributed by atoms with Crippen molar-refractivity contribution in [3.8, 4) is 11.1 Å². The summed E-state index contributed by atoms with van der Waals surface area (Å²) in [4.78, 5) is 36.9. The van der Waals surface area contributed by atoms with Gasteiger partial charge < -0.3 is 10.5 Å². The average molecular weight is 513 g/mol. The van der Waals surface area contributed by atoms with Crippen molar-refractivity contribution in [2.24, 2.45) is 5.73 Å². The first-order chi connectivity index (χ1) is 17.4. The van der Waals surface area contributed by atoms with E-state index in [0.29, 0.717) is 17.5 Å². The molecule has 194 valence electrons. The van der Waals surface area contributed by atoms with Gasteiger partial charge in [0, 0.05) is 12.0 Å². The summed E-state index contributed by atoms with van der Waals surface area (Å²) in [5.74, 6) is -4.75. The molecule has 0 saturated carbocycles. The number of nitrogens with one attached hydrogen (secondary N) is 1. The van der Waals surface area contributed by atoms with Gasteiger partial charge in [0.15, 0.2) is 11.6 Å². The average Bonchev–Trinajstić information content (AvgIpc) is 2.84. The fourth-order valence-corrected chi connectivity index (χ4v) is 3.87. The Morgan fingerprint density at radius 3 is 2.11 bits per heavy atom. The van der Waals surface area contributed by atoms with Crippen LogP contribution in [0, 0.1) is 17.5 Å². The molecule has 0 spiro atoms. The Morgan fingerprint density at radius 2 is 1.51 bits per heavy atom. The second-order valence-corrected chi connectivity index (χ2v) is 9.30. The maximum atomic E-state index is 13.5. The molecular formula is C28H27F3N2O4. The second-order valence-electron chi connectivity index (χ2n) is 9.30. The second kappa shape index (κ2) is 11.8. The first kappa shape index (κ1) is 27.6. The zero-order chi connectivity index (χ0) is 27.2. The molecule has 0 saturated heterocycles. The smallest absolute Gasteiger partial charge is 0.345 e. The third kappa shape index (κ3) is 8.01. The van der Waals surface area contributed by atoms with Crippen LogP contribution in [0.4, 0.5) is 13.2 Å². The maximum Gasteiger partial charge on any atom is 0.345 e. The standard InChI is InChI=1S/C28H27F3N2O4/c1-28(2,16-17-3-10-21(29)11-4-17)33-24(13-14-25(32)34)27(36)37-26(35)19-7-5-18(6-8-19)20-9-12-22(30)23(31)15-20/h3-12,15,24,33H,13-14,16H2,1-2H3,(H2,32,34)/t24-/m0/s1. The van der Waals surface area contributed by atoms with Crippen LogP contribution in [-0.4, -0.2) is 29.4 Å². The molecule has 0 heterocycles. The number of amides is 1. The fourth-order valence-electron chi connectivity index (χ4n) is 3.87. The minimum Gasteiger partial charge on any atom is -0.388 e. The number of hydrogen-bond acceptors (Lipinski definition) is 5. The predicted octanol–water partition coefficient (Wildman–Crippen LogP) is 4.70. The number of carbonyl (C=O) groups is 3. The van der Waals surface area contributed by atoms with Crippen molar-refractivity contribution >= 4 is 17.8 Å². The quantitative estimate of drug-likeness (QED) is 0.303. The summed E-state index contributed by atoms with van der Waals surface area (Å²) in [6, 6.07) is 14.2. The van der Waals surface area contributed by atoms with Gasteiger partial charge in [-0.25, -0.2) is 22.8 Å². The van der Waals surface area contributed by atoms with E-state index in [-0.39, 0.29) is 24.2 Å². The van der Waals surface area contributed by atoms with Crippen LogP contribution >= 0.6 is 0 Å². The van der Waals surface area contributed by atoms with Gasteiger partial charge in [-0.3, -0.25) is 10.1 Å². The Labute approximate surface area is 212 Å². The van der Waals surface area contributed by atoms with Gasteiger partial charge in [0.05, 0.1) is 5.56 Å². The third-order valence-corrected chi connectivity index (χ3v) is 5.66. The molecule has 1 amide bonds. The number of ether oxygens (including phenoxy) is 1. The molecule has 9 heteroatoms. The molecule has 0 bridgehead atoms. The maximum absolute atomic E-state index is 13.5. The van der Waals surface area contributed by atoms with E-state index in [1.807, 2.05) is 13.8 Å². The molecule has 0 fully saturated rings. The van der Waals surface area contributed by atoms with Crippen molar-refractivity contribution in [1.29, 1.82) is 0 Å². The predicted molar refractivity (Wildman–Crippen MR) is 132 cm³/mol. The van der Waals surface area contributed by atoms with Crippen molar-refractivity contribution in [3.05, 3.63) is 95.3 Å². The van der Waals surface area contributed by atoms with Crippen LogP contribution < -0.4 is 11.1 Å². The highest BCUT2D eigenvalue weighted by molar-refractivity contribution is 5.98. The van der Waals surface area contributed by atoms with Crippen LogP contribution in [0.1, 0.15) is 42.6 Å². The molecule has 0 aliphatic rings. The van der Waals surface area contributed by atoms with Crippen LogP contribution in [0.3, 0.4) is 0 Å². The van der Waals surface area contributed by atoms with Crippen LogP contribution in [0.25, 0.3) is 11.1 Å². The van der Waals surface area contributed by atoms with E-state index >= 15 is 0 Å². The summed E-state index contributed by atoms with van der Waals surface area (Å²) in [7, 11) is 0. The SMILES string of the molecule is CC(C)(Cc1ccc(F)cc1)N[C@@H](CCC(N)=O)C(=O)OC(=O)c1ccc(-c2ccc(F)c(F)c2)cc1. The molecule has 1 atom stereocenters. The molecule has 0 radical (unpaired) electrons. The van der Waals surface area contributed by atoms with E-state index in [4.69, 9.17) is 10.5 Å². The van der Waals surface area contributed by atoms with E-state index in [9.17, 15) is 27.6 Å². The molecule has 6 nitrogen and oxygen atoms in total. The van der Waals surface area contributed by atoms with Gasteiger partial charge in [-0.1, -0.05) is 30.3 Å². The van der Waals surface area contributed by atoms with Gasteiger partial charge in [-0.2, -0.15) is 0 Å². The number of halogens is 3. The molecule has 3 rings (SSSR count). The van der Waals surface area contributed by atoms with Gasteiger partial charge >= 0.3 is 11.9 Å². The van der Waals surface area contributed by atoms with Gasteiger partial charge in [-0.05, 0) is 79.8 Å². The van der Waals surface area contributed by atoms with Crippen LogP contribution in [0.5, 0.6) is 0 Å². The number of carbonyl (C=O) groups excluding carboxylic acids is 3. The lowest BCUT2D eigenvalue weighted by molar-refractivity contribution is -0.141. The number of hydrogen-bond donors (Lipinski definition) is 2. The van der Waals surface area contributed by atoms with Crippen molar-refractivity contribution in [1.82, 2.24) is 5.32 Å². The Kier molecular flexibility index (Phi) is 8.83. The normalized spacial score (nSPS) is 12.1. The van der Waals surface area contributed by atoms with E-state index in [2.05, 4.69) is 5.32 Å². The Bertz CT molecular complexity index is 1280. The van der Waals surface area contributed by atoms with Crippen molar-refractivity contribution in [2.45, 2.75) is 44.7 Å². The van der Waals surface area contributed by atoms with Crippen molar-refractivity contribution < 1.29 is 32.3 Å². The summed E-state index contributed by atoms with van der Waals surface area (Å²) in [6.07, 6.45) is 0.312. The van der Waals surface area contributed by atoms with Crippen LogP contribution in [0.15, 0.2) is 66.7 Å². The highest BCUT2D eigenvalue weighted by Crippen LogP contribution is 2.22. The number of rotatable bonds is 10. The summed E-state index contributed by atoms with van der Waals surface area (Å²) < 4.78 is 45.0. The van der Waals surface area contributed by atoms with E-state index in [1.165, 1.54) is 42.5 Å². The largest absolute Gasteiger partial charge is 0.388 e. The minimum atomic E-state index is -1.02. The highest BCUT2D eigenvalue weighted by atomic mass is 19.2. The Morgan fingerprint density at radius 1 is 0.892 bits per heavy atom. The third-order valence-electron chi connectivity index (χ3n) is 5.66. The Balaban J connectivity index is 1.69. The number of benzene rings is 3. The molecule has 0 unspecified atom stereocenters. The molecule has 0 aliphatic carbocycles. The molecule has 3 aromatic rings. The van der Waals surface area contributed by atoms with Crippen molar-refractivity contribution in [3.63, 3.8) is 0 Å². The lowest BCUT2D eigenvalue weighted by atomic mass is 9.93. The van der Waals surface area contributed by atoms with Gasteiger partial charge in [-0.15, -0.1) is 0 Å². The first-order valence-electron chi connectivity index (χ1n) is 11.6. The van der Waals surface area contributed by atoms with Gasteiger partial charge in [0.25, 0.3) is 0 Å². The zero-order valence-electron chi connectivity index (χ0n) is 20.4. The van der Waals surface area contributed by atoms with Crippen LogP contribution in [0.2, 0.25) is 0 Å². The molecule has 3 aromatic carbocycles.